The van der Waals surface area contributed by atoms with Crippen molar-refractivity contribution < 1.29 is 0 Å². The molecule has 1 saturated carbocycles. The second-order valence-electron chi connectivity index (χ2n) is 3.76. The first-order chi connectivity index (χ1) is 5.77. The van der Waals surface area contributed by atoms with Gasteiger partial charge in [-0.1, -0.05) is 20.3 Å². The largest absolute Gasteiger partial charge is 0.301 e. The van der Waals surface area contributed by atoms with Crippen LogP contribution >= 0.6 is 12.6 Å². The summed E-state index contributed by atoms with van der Waals surface area (Å²) in [4.78, 5) is 2.61. The maximum Gasteiger partial charge on any atom is 0.0116 e. The second-order valence-corrected chi connectivity index (χ2v) is 4.49. The Morgan fingerprint density at radius 2 is 2.00 bits per heavy atom. The van der Waals surface area contributed by atoms with Crippen LogP contribution < -0.4 is 0 Å². The van der Waals surface area contributed by atoms with Crippen molar-refractivity contribution in [2.75, 3.05) is 13.1 Å². The SMILES string of the molecule is CCCCN(CC)C1CC(S)C1. The Bertz CT molecular complexity index is 121. The van der Waals surface area contributed by atoms with Gasteiger partial charge < -0.3 is 4.90 Å². The van der Waals surface area contributed by atoms with E-state index in [-0.39, 0.29) is 0 Å². The molecular formula is C10H21NS. The molecular weight excluding hydrogens is 166 g/mol. The van der Waals surface area contributed by atoms with E-state index in [0.717, 1.165) is 6.04 Å². The molecule has 0 aromatic rings. The summed E-state index contributed by atoms with van der Waals surface area (Å²) in [6, 6.07) is 0.851. The highest BCUT2D eigenvalue weighted by Gasteiger charge is 2.29. The third kappa shape index (κ3) is 2.67. The Labute approximate surface area is 81.9 Å². The summed E-state index contributed by atoms with van der Waals surface area (Å²) in [6.45, 7) is 7.03. The van der Waals surface area contributed by atoms with Crippen molar-refractivity contribution in [2.45, 2.75) is 50.8 Å². The zero-order valence-corrected chi connectivity index (χ0v) is 9.19. The van der Waals surface area contributed by atoms with E-state index in [1.165, 1.54) is 38.8 Å². The average molecular weight is 187 g/mol. The predicted molar refractivity (Wildman–Crippen MR) is 58.0 cm³/mol. The van der Waals surface area contributed by atoms with Crippen molar-refractivity contribution in [1.29, 1.82) is 0 Å². The van der Waals surface area contributed by atoms with Crippen molar-refractivity contribution in [3.05, 3.63) is 0 Å². The summed E-state index contributed by atoms with van der Waals surface area (Å²) >= 11 is 4.44. The monoisotopic (exact) mass is 187 g/mol. The summed E-state index contributed by atoms with van der Waals surface area (Å²) in [5.41, 5.74) is 0. The van der Waals surface area contributed by atoms with Crippen LogP contribution in [0.15, 0.2) is 0 Å². The molecule has 72 valence electrons. The lowest BCUT2D eigenvalue weighted by atomic mass is 9.90. The summed E-state index contributed by atoms with van der Waals surface area (Å²) in [6.07, 6.45) is 5.27. The number of hydrogen-bond donors (Lipinski definition) is 1. The summed E-state index contributed by atoms with van der Waals surface area (Å²) in [7, 11) is 0. The van der Waals surface area contributed by atoms with Crippen LogP contribution in [-0.2, 0) is 0 Å². The lowest BCUT2D eigenvalue weighted by Gasteiger charge is -2.40. The minimum atomic E-state index is 0.686. The molecule has 0 bridgehead atoms. The van der Waals surface area contributed by atoms with E-state index >= 15 is 0 Å². The number of hydrogen-bond acceptors (Lipinski definition) is 2. The molecule has 12 heavy (non-hydrogen) atoms. The Balaban J connectivity index is 2.16. The number of unbranched alkanes of at least 4 members (excludes halogenated alkanes) is 1. The van der Waals surface area contributed by atoms with E-state index in [1.807, 2.05) is 0 Å². The molecule has 1 nitrogen and oxygen atoms in total. The third-order valence-electron chi connectivity index (χ3n) is 2.81. The summed E-state index contributed by atoms with van der Waals surface area (Å²) in [5, 5.41) is 0.686. The molecule has 0 saturated heterocycles. The molecule has 0 amide bonds. The zero-order valence-electron chi connectivity index (χ0n) is 8.29. The van der Waals surface area contributed by atoms with Gasteiger partial charge in [-0.05, 0) is 32.4 Å². The fourth-order valence-corrected chi connectivity index (χ4v) is 2.30. The maximum absolute atomic E-state index is 4.44. The third-order valence-corrected chi connectivity index (χ3v) is 3.23. The predicted octanol–water partition coefficient (Wildman–Crippen LogP) is 2.57. The minimum absolute atomic E-state index is 0.686. The molecule has 0 spiro atoms. The van der Waals surface area contributed by atoms with Crippen molar-refractivity contribution in [3.8, 4) is 0 Å². The summed E-state index contributed by atoms with van der Waals surface area (Å²) < 4.78 is 0. The first-order valence-electron chi connectivity index (χ1n) is 5.20. The van der Waals surface area contributed by atoms with Crippen molar-refractivity contribution >= 4 is 12.6 Å². The molecule has 1 rings (SSSR count). The van der Waals surface area contributed by atoms with Crippen molar-refractivity contribution in [3.63, 3.8) is 0 Å². The normalized spacial score (nSPS) is 29.0. The van der Waals surface area contributed by atoms with Gasteiger partial charge in [-0.25, -0.2) is 0 Å². The summed E-state index contributed by atoms with van der Waals surface area (Å²) in [5.74, 6) is 0. The van der Waals surface area contributed by atoms with Gasteiger partial charge in [-0.2, -0.15) is 12.6 Å². The molecule has 0 aromatic heterocycles. The lowest BCUT2D eigenvalue weighted by Crippen LogP contribution is -2.45. The van der Waals surface area contributed by atoms with Gasteiger partial charge in [0, 0.05) is 11.3 Å². The zero-order chi connectivity index (χ0) is 8.97. The van der Waals surface area contributed by atoms with Gasteiger partial charge in [0.2, 0.25) is 0 Å². The minimum Gasteiger partial charge on any atom is -0.301 e. The van der Waals surface area contributed by atoms with Crippen LogP contribution in [0.25, 0.3) is 0 Å². The van der Waals surface area contributed by atoms with E-state index in [0.29, 0.717) is 5.25 Å². The fourth-order valence-electron chi connectivity index (χ4n) is 1.82. The van der Waals surface area contributed by atoms with Gasteiger partial charge >= 0.3 is 0 Å². The van der Waals surface area contributed by atoms with Crippen LogP contribution in [-0.4, -0.2) is 29.3 Å². The highest BCUT2D eigenvalue weighted by Crippen LogP contribution is 2.29. The Hall–Kier alpha value is 0.310. The van der Waals surface area contributed by atoms with Crippen LogP contribution in [0.3, 0.4) is 0 Å². The molecule has 0 heterocycles. The molecule has 1 fully saturated rings. The molecule has 0 atom stereocenters. The van der Waals surface area contributed by atoms with Crippen LogP contribution in [0.1, 0.15) is 39.5 Å². The quantitative estimate of drug-likeness (QED) is 0.647. The van der Waals surface area contributed by atoms with E-state index in [9.17, 15) is 0 Å². The van der Waals surface area contributed by atoms with Gasteiger partial charge in [0.15, 0.2) is 0 Å². The van der Waals surface area contributed by atoms with E-state index in [4.69, 9.17) is 0 Å². The second kappa shape index (κ2) is 5.13. The number of nitrogens with zero attached hydrogens (tertiary/aromatic N) is 1. The van der Waals surface area contributed by atoms with E-state index < -0.39 is 0 Å². The van der Waals surface area contributed by atoms with Crippen LogP contribution in [0, 0.1) is 0 Å². The number of thiol groups is 1. The molecule has 0 N–H and O–H groups in total. The average Bonchev–Trinajstić information content (AvgIpc) is 2.02. The molecule has 0 radical (unpaired) electrons. The molecule has 1 aliphatic rings. The standard InChI is InChI=1S/C10H21NS/c1-3-5-6-11(4-2)9-7-10(12)8-9/h9-10,12H,3-8H2,1-2H3. The number of rotatable bonds is 5. The van der Waals surface area contributed by atoms with Crippen molar-refractivity contribution in [2.24, 2.45) is 0 Å². The Kier molecular flexibility index (Phi) is 4.44. The van der Waals surface area contributed by atoms with Crippen LogP contribution in [0.5, 0.6) is 0 Å². The highest BCUT2D eigenvalue weighted by atomic mass is 32.1. The van der Waals surface area contributed by atoms with Crippen LogP contribution in [0.2, 0.25) is 0 Å². The van der Waals surface area contributed by atoms with Crippen molar-refractivity contribution in [1.82, 2.24) is 4.90 Å². The van der Waals surface area contributed by atoms with Gasteiger partial charge in [0.25, 0.3) is 0 Å². The lowest BCUT2D eigenvalue weighted by molar-refractivity contribution is 0.138. The molecule has 2 heteroatoms. The molecule has 0 aromatic carbocycles. The topological polar surface area (TPSA) is 3.24 Å². The van der Waals surface area contributed by atoms with E-state index in [2.05, 4.69) is 31.4 Å². The smallest absolute Gasteiger partial charge is 0.0116 e. The Morgan fingerprint density at radius 1 is 1.33 bits per heavy atom. The molecule has 0 aliphatic heterocycles. The molecule has 1 aliphatic carbocycles. The van der Waals surface area contributed by atoms with Gasteiger partial charge in [-0.15, -0.1) is 0 Å². The highest BCUT2D eigenvalue weighted by molar-refractivity contribution is 7.81. The van der Waals surface area contributed by atoms with Gasteiger partial charge in [0.05, 0.1) is 0 Å². The van der Waals surface area contributed by atoms with Gasteiger partial charge in [-0.3, -0.25) is 0 Å². The molecule has 0 unspecified atom stereocenters. The first-order valence-corrected chi connectivity index (χ1v) is 5.71. The fraction of sp³-hybridized carbons (Fsp3) is 1.00. The van der Waals surface area contributed by atoms with Gasteiger partial charge in [0.1, 0.15) is 0 Å². The first kappa shape index (κ1) is 10.4. The maximum atomic E-state index is 4.44. The van der Waals surface area contributed by atoms with Crippen LogP contribution in [0.4, 0.5) is 0 Å². The Morgan fingerprint density at radius 3 is 2.42 bits per heavy atom. The van der Waals surface area contributed by atoms with E-state index in [1.54, 1.807) is 0 Å².